The Morgan fingerprint density at radius 3 is 2.67 bits per heavy atom. The summed E-state index contributed by atoms with van der Waals surface area (Å²) in [5.74, 6) is 3.02. The van der Waals surface area contributed by atoms with E-state index in [2.05, 4.69) is 17.4 Å². The molecule has 7 heteroatoms. The maximum atomic E-state index is 6.44. The molecule has 0 spiro atoms. The normalized spacial score (nSPS) is 26.8. The average Bonchev–Trinajstić information content (AvgIpc) is 3.31. The highest BCUT2D eigenvalue weighted by Crippen LogP contribution is 2.53. The topological polar surface area (TPSA) is 67.4 Å². The maximum absolute atomic E-state index is 6.44. The van der Waals surface area contributed by atoms with Crippen molar-refractivity contribution in [3.8, 4) is 23.0 Å². The van der Waals surface area contributed by atoms with E-state index in [1.165, 1.54) is 5.56 Å². The molecule has 4 aliphatic rings. The second-order valence-corrected chi connectivity index (χ2v) is 7.01. The second kappa shape index (κ2) is 5.76. The van der Waals surface area contributed by atoms with E-state index in [9.17, 15) is 0 Å². The number of nitrogens with one attached hydrogen (secondary N) is 1. The van der Waals surface area contributed by atoms with Crippen LogP contribution in [0.25, 0.3) is 0 Å². The summed E-state index contributed by atoms with van der Waals surface area (Å²) in [7, 11) is 1.65. The first-order chi connectivity index (χ1) is 13.3. The lowest BCUT2D eigenvalue weighted by Crippen LogP contribution is -2.34. The van der Waals surface area contributed by atoms with E-state index in [0.717, 1.165) is 52.7 Å². The molecule has 4 aliphatic heterocycles. The monoisotopic (exact) mass is 369 g/mol. The molecular weight excluding hydrogens is 350 g/mol. The first kappa shape index (κ1) is 15.6. The number of fused-ring (bicyclic) bond motifs is 8. The van der Waals surface area contributed by atoms with Gasteiger partial charge in [-0.15, -0.1) is 0 Å². The predicted molar refractivity (Wildman–Crippen MR) is 93.2 cm³/mol. The molecule has 0 fully saturated rings. The molecule has 0 aromatic heterocycles. The van der Waals surface area contributed by atoms with E-state index < -0.39 is 6.29 Å². The van der Waals surface area contributed by atoms with Crippen molar-refractivity contribution in [2.75, 3.05) is 27.2 Å². The Morgan fingerprint density at radius 2 is 1.78 bits per heavy atom. The minimum Gasteiger partial charge on any atom is -0.454 e. The summed E-state index contributed by atoms with van der Waals surface area (Å²) in [6.07, 6.45) is 0.158. The lowest BCUT2D eigenvalue weighted by atomic mass is 9.87. The molecule has 3 atom stereocenters. The molecule has 0 saturated carbocycles. The van der Waals surface area contributed by atoms with Crippen molar-refractivity contribution in [3.05, 3.63) is 46.5 Å². The molecule has 7 nitrogen and oxygen atoms in total. The molecule has 27 heavy (non-hydrogen) atoms. The molecular formula is C20H19NO6. The van der Waals surface area contributed by atoms with Crippen LogP contribution >= 0.6 is 0 Å². The Morgan fingerprint density at radius 1 is 0.963 bits per heavy atom. The number of benzene rings is 2. The van der Waals surface area contributed by atoms with E-state index >= 15 is 0 Å². The molecule has 0 aliphatic carbocycles. The predicted octanol–water partition coefficient (Wildman–Crippen LogP) is 2.75. The first-order valence-corrected chi connectivity index (χ1v) is 9.10. The summed E-state index contributed by atoms with van der Waals surface area (Å²) < 4.78 is 34.6. The summed E-state index contributed by atoms with van der Waals surface area (Å²) in [5, 5.41) is 3.64. The molecule has 0 amide bonds. The molecule has 0 unspecified atom stereocenters. The van der Waals surface area contributed by atoms with Gasteiger partial charge < -0.3 is 33.7 Å². The van der Waals surface area contributed by atoms with E-state index in [1.54, 1.807) is 7.11 Å². The zero-order valence-corrected chi connectivity index (χ0v) is 14.8. The van der Waals surface area contributed by atoms with Crippen LogP contribution in [0.4, 0.5) is 0 Å². The van der Waals surface area contributed by atoms with Crippen LogP contribution in [0.3, 0.4) is 0 Å². The van der Waals surface area contributed by atoms with Crippen molar-refractivity contribution in [2.45, 2.75) is 24.9 Å². The van der Waals surface area contributed by atoms with Crippen molar-refractivity contribution in [1.82, 2.24) is 5.32 Å². The Balaban J connectivity index is 1.51. The second-order valence-electron chi connectivity index (χ2n) is 7.01. The Bertz CT molecular complexity index is 929. The van der Waals surface area contributed by atoms with E-state index in [-0.39, 0.29) is 25.7 Å². The lowest BCUT2D eigenvalue weighted by Gasteiger charge is -2.38. The quantitative estimate of drug-likeness (QED) is 0.829. The molecule has 1 N–H and O–H groups in total. The summed E-state index contributed by atoms with van der Waals surface area (Å²) in [5.41, 5.74) is 4.34. The van der Waals surface area contributed by atoms with Gasteiger partial charge in [0.25, 0.3) is 0 Å². The van der Waals surface area contributed by atoms with Gasteiger partial charge in [-0.2, -0.15) is 0 Å². The zero-order chi connectivity index (χ0) is 18.0. The summed E-state index contributed by atoms with van der Waals surface area (Å²) in [6.45, 7) is 1.32. The highest BCUT2D eigenvalue weighted by molar-refractivity contribution is 5.56. The van der Waals surface area contributed by atoms with Crippen molar-refractivity contribution in [2.24, 2.45) is 0 Å². The van der Waals surface area contributed by atoms with Crippen LogP contribution in [0.2, 0.25) is 0 Å². The molecule has 6 rings (SSSR count). The Kier molecular flexibility index (Phi) is 3.32. The fourth-order valence-electron chi connectivity index (χ4n) is 4.45. The van der Waals surface area contributed by atoms with Crippen molar-refractivity contribution in [3.63, 3.8) is 0 Å². The van der Waals surface area contributed by atoms with Crippen LogP contribution in [0.1, 0.15) is 40.7 Å². The van der Waals surface area contributed by atoms with Crippen LogP contribution < -0.4 is 24.3 Å². The highest BCUT2D eigenvalue weighted by atomic mass is 16.7. The van der Waals surface area contributed by atoms with Crippen LogP contribution in [-0.4, -0.2) is 27.2 Å². The summed E-state index contributed by atoms with van der Waals surface area (Å²) >= 11 is 0. The molecule has 2 aromatic rings. The maximum Gasteiger partial charge on any atom is 0.231 e. The average molecular weight is 369 g/mol. The van der Waals surface area contributed by atoms with Crippen LogP contribution in [-0.2, 0) is 15.9 Å². The van der Waals surface area contributed by atoms with Gasteiger partial charge in [0.1, 0.15) is 6.10 Å². The number of ether oxygens (including phenoxy) is 6. The summed E-state index contributed by atoms with van der Waals surface area (Å²) in [6, 6.07) is 8.15. The number of methoxy groups -OCH3 is 1. The van der Waals surface area contributed by atoms with Gasteiger partial charge in [0.15, 0.2) is 29.3 Å². The van der Waals surface area contributed by atoms with Crippen LogP contribution in [0.15, 0.2) is 24.3 Å². The number of hydrogen-bond donors (Lipinski definition) is 1. The van der Waals surface area contributed by atoms with Gasteiger partial charge in [-0.3, -0.25) is 0 Å². The van der Waals surface area contributed by atoms with E-state index in [0.29, 0.717) is 0 Å². The zero-order valence-electron chi connectivity index (χ0n) is 14.8. The number of hydrogen-bond acceptors (Lipinski definition) is 7. The van der Waals surface area contributed by atoms with Gasteiger partial charge in [-0.1, -0.05) is 6.07 Å². The first-order valence-electron chi connectivity index (χ1n) is 9.10. The Labute approximate surface area is 156 Å². The molecule has 140 valence electrons. The molecule has 0 radical (unpaired) electrons. The fourth-order valence-corrected chi connectivity index (χ4v) is 4.45. The molecule has 0 saturated heterocycles. The van der Waals surface area contributed by atoms with Crippen molar-refractivity contribution in [1.29, 1.82) is 0 Å². The van der Waals surface area contributed by atoms with E-state index in [4.69, 9.17) is 28.4 Å². The van der Waals surface area contributed by atoms with Crippen LogP contribution in [0.5, 0.6) is 23.0 Å². The minimum absolute atomic E-state index is 0.0116. The van der Waals surface area contributed by atoms with Gasteiger partial charge in [0, 0.05) is 7.11 Å². The van der Waals surface area contributed by atoms with Gasteiger partial charge in [-0.25, -0.2) is 0 Å². The van der Waals surface area contributed by atoms with Gasteiger partial charge in [-0.05, 0) is 47.9 Å². The molecule has 0 bridgehead atoms. The van der Waals surface area contributed by atoms with Gasteiger partial charge in [0.05, 0.1) is 11.6 Å². The molecule has 4 heterocycles. The summed E-state index contributed by atoms with van der Waals surface area (Å²) in [4.78, 5) is 0. The van der Waals surface area contributed by atoms with Crippen molar-refractivity contribution >= 4 is 0 Å². The van der Waals surface area contributed by atoms with E-state index in [1.807, 2.05) is 12.1 Å². The number of rotatable bonds is 1. The standard InChI is InChI=1S/C20H19NO6/c1-22-20-16-11(2-3-13-19(16)26-9-23-13)17-18(27-20)12-7-15-14(24-8-25-15)6-10(12)4-5-21-17/h2-3,6-7,17-18,20-21H,4-5,8-9H2,1H3/t17-,18+,20+/m0/s1. The SMILES string of the molecule is CO[C@@H]1O[C@@H]2c3cc4c(cc3CCN[C@H]2c2ccc3c(c21)OCO3)OCO4. The largest absolute Gasteiger partial charge is 0.454 e. The van der Waals surface area contributed by atoms with Crippen molar-refractivity contribution < 1.29 is 28.4 Å². The minimum atomic E-state index is -0.531. The van der Waals surface area contributed by atoms with Crippen LogP contribution in [0, 0.1) is 0 Å². The van der Waals surface area contributed by atoms with Gasteiger partial charge >= 0.3 is 0 Å². The van der Waals surface area contributed by atoms with Gasteiger partial charge in [0.2, 0.25) is 13.6 Å². The highest BCUT2D eigenvalue weighted by Gasteiger charge is 2.42. The third-order valence-corrected chi connectivity index (χ3v) is 5.67. The third kappa shape index (κ3) is 2.19. The fraction of sp³-hybridized carbons (Fsp3) is 0.400. The molecule has 2 aromatic carbocycles. The lowest BCUT2D eigenvalue weighted by molar-refractivity contribution is -0.181. The smallest absolute Gasteiger partial charge is 0.231 e. The Hall–Kier alpha value is -2.48. The third-order valence-electron chi connectivity index (χ3n) is 5.67.